The number of carboxylic acid groups (broad SMARTS) is 1. The standard InChI is InChI=1S/C27H32N2O6/c1-34-14-13-29(16-25(30)31)26(32)18-7-6-8-19(15-18)28-27(33)35-17-24-22-11-4-2-9-20(22)21-10-3-5-12-23(21)24/h2-5,9-12,18-19,24H,6-8,13-17H2,1H3,(H,28,33)(H,30,31)/t18-,19+/m0/s1. The topological polar surface area (TPSA) is 105 Å². The predicted octanol–water partition coefficient (Wildman–Crippen LogP) is 3.64. The number of nitrogens with zero attached hydrogens (tertiary/aromatic N) is 1. The number of carboxylic acids is 1. The van der Waals surface area contributed by atoms with Crippen LogP contribution in [0.15, 0.2) is 48.5 Å². The maximum Gasteiger partial charge on any atom is 0.407 e. The van der Waals surface area contributed by atoms with Crippen molar-refractivity contribution in [2.24, 2.45) is 5.92 Å². The van der Waals surface area contributed by atoms with Crippen LogP contribution in [0.2, 0.25) is 0 Å². The number of amides is 2. The molecule has 2 amide bonds. The lowest BCUT2D eigenvalue weighted by atomic mass is 9.84. The van der Waals surface area contributed by atoms with Crippen molar-refractivity contribution < 1.29 is 29.0 Å². The molecule has 1 fully saturated rings. The minimum atomic E-state index is -1.06. The lowest BCUT2D eigenvalue weighted by Gasteiger charge is -2.32. The molecule has 2 aromatic rings. The van der Waals surface area contributed by atoms with Crippen LogP contribution in [0.4, 0.5) is 4.79 Å². The first-order valence-corrected chi connectivity index (χ1v) is 12.1. The molecule has 35 heavy (non-hydrogen) atoms. The molecule has 0 bridgehead atoms. The van der Waals surface area contributed by atoms with Crippen LogP contribution in [0.3, 0.4) is 0 Å². The van der Waals surface area contributed by atoms with E-state index >= 15 is 0 Å². The van der Waals surface area contributed by atoms with Gasteiger partial charge in [-0.1, -0.05) is 55.0 Å². The van der Waals surface area contributed by atoms with Gasteiger partial charge in [0.1, 0.15) is 13.2 Å². The Morgan fingerprint density at radius 3 is 2.31 bits per heavy atom. The van der Waals surface area contributed by atoms with Gasteiger partial charge in [-0.15, -0.1) is 0 Å². The first kappa shape index (κ1) is 24.7. The van der Waals surface area contributed by atoms with E-state index in [1.54, 1.807) is 0 Å². The van der Waals surface area contributed by atoms with Crippen molar-refractivity contribution in [3.05, 3.63) is 59.7 Å². The maximum atomic E-state index is 13.0. The van der Waals surface area contributed by atoms with Crippen molar-refractivity contribution in [1.29, 1.82) is 0 Å². The number of hydrogen-bond donors (Lipinski definition) is 2. The summed E-state index contributed by atoms with van der Waals surface area (Å²) in [6.45, 7) is 0.372. The first-order chi connectivity index (χ1) is 17.0. The number of fused-ring (bicyclic) bond motifs is 3. The van der Waals surface area contributed by atoms with E-state index in [-0.39, 0.29) is 50.1 Å². The summed E-state index contributed by atoms with van der Waals surface area (Å²) in [5, 5.41) is 12.1. The lowest BCUT2D eigenvalue weighted by Crippen LogP contribution is -2.46. The summed E-state index contributed by atoms with van der Waals surface area (Å²) in [6.07, 6.45) is 2.17. The number of rotatable bonds is 9. The fourth-order valence-electron chi connectivity index (χ4n) is 5.24. The van der Waals surface area contributed by atoms with E-state index < -0.39 is 12.1 Å². The molecule has 8 nitrogen and oxygen atoms in total. The molecule has 0 saturated heterocycles. The average molecular weight is 481 g/mol. The van der Waals surface area contributed by atoms with Crippen molar-refractivity contribution in [3.8, 4) is 11.1 Å². The van der Waals surface area contributed by atoms with Crippen LogP contribution in [0.25, 0.3) is 11.1 Å². The number of benzene rings is 2. The van der Waals surface area contributed by atoms with Gasteiger partial charge in [0.2, 0.25) is 5.91 Å². The van der Waals surface area contributed by atoms with E-state index in [9.17, 15) is 14.4 Å². The van der Waals surface area contributed by atoms with Gasteiger partial charge in [0.15, 0.2) is 0 Å². The third kappa shape index (κ3) is 5.82. The Morgan fingerprint density at radius 2 is 1.69 bits per heavy atom. The molecule has 0 spiro atoms. The van der Waals surface area contributed by atoms with Crippen molar-refractivity contribution in [3.63, 3.8) is 0 Å². The van der Waals surface area contributed by atoms with E-state index in [0.717, 1.165) is 24.0 Å². The molecule has 4 rings (SSSR count). The Labute approximate surface area is 205 Å². The summed E-state index contributed by atoms with van der Waals surface area (Å²) in [4.78, 5) is 38.2. The average Bonchev–Trinajstić information content (AvgIpc) is 3.18. The third-order valence-corrected chi connectivity index (χ3v) is 6.89. The second kappa shape index (κ2) is 11.4. The van der Waals surface area contributed by atoms with Gasteiger partial charge in [-0.25, -0.2) is 4.79 Å². The summed E-state index contributed by atoms with van der Waals surface area (Å²) in [7, 11) is 1.51. The summed E-state index contributed by atoms with van der Waals surface area (Å²) >= 11 is 0. The van der Waals surface area contributed by atoms with E-state index in [1.807, 2.05) is 24.3 Å². The summed E-state index contributed by atoms with van der Waals surface area (Å²) < 4.78 is 10.7. The Kier molecular flexibility index (Phi) is 8.02. The number of ether oxygens (including phenoxy) is 2. The summed E-state index contributed by atoms with van der Waals surface area (Å²) in [5.41, 5.74) is 4.65. The number of carbonyl (C=O) groups excluding carboxylic acids is 2. The van der Waals surface area contributed by atoms with Crippen LogP contribution in [0.1, 0.15) is 42.7 Å². The minimum Gasteiger partial charge on any atom is -0.480 e. The van der Waals surface area contributed by atoms with Gasteiger partial charge in [-0.3, -0.25) is 9.59 Å². The van der Waals surface area contributed by atoms with Gasteiger partial charge >= 0.3 is 12.1 Å². The minimum absolute atomic E-state index is 0.0146. The Bertz CT molecular complexity index is 1030. The van der Waals surface area contributed by atoms with Crippen LogP contribution in [-0.2, 0) is 19.1 Å². The maximum absolute atomic E-state index is 13.0. The molecule has 186 valence electrons. The molecule has 0 unspecified atom stereocenters. The molecule has 0 radical (unpaired) electrons. The number of alkyl carbamates (subject to hydrolysis) is 1. The van der Waals surface area contributed by atoms with Crippen LogP contribution < -0.4 is 5.32 Å². The van der Waals surface area contributed by atoms with Crippen LogP contribution in [0.5, 0.6) is 0 Å². The number of methoxy groups -OCH3 is 1. The van der Waals surface area contributed by atoms with Crippen LogP contribution in [-0.4, -0.2) is 67.4 Å². The molecule has 0 aliphatic heterocycles. The quantitative estimate of drug-likeness (QED) is 0.568. The highest BCUT2D eigenvalue weighted by atomic mass is 16.5. The van der Waals surface area contributed by atoms with Crippen molar-refractivity contribution >= 4 is 18.0 Å². The highest BCUT2D eigenvalue weighted by Crippen LogP contribution is 2.44. The van der Waals surface area contributed by atoms with Gasteiger partial charge < -0.3 is 24.8 Å². The molecule has 0 aromatic heterocycles. The predicted molar refractivity (Wildman–Crippen MR) is 130 cm³/mol. The SMILES string of the molecule is COCCN(CC(=O)O)C(=O)[C@H]1CCC[C@@H](NC(=O)OCC2c3ccccc3-c3ccccc32)C1. The van der Waals surface area contributed by atoms with Crippen molar-refractivity contribution in [2.45, 2.75) is 37.6 Å². The van der Waals surface area contributed by atoms with E-state index in [1.165, 1.54) is 23.1 Å². The molecule has 2 N–H and O–H groups in total. The molecular weight excluding hydrogens is 448 g/mol. The number of carbonyl (C=O) groups is 3. The second-order valence-electron chi connectivity index (χ2n) is 9.18. The molecule has 0 heterocycles. The molecule has 2 aromatic carbocycles. The third-order valence-electron chi connectivity index (χ3n) is 6.89. The van der Waals surface area contributed by atoms with Gasteiger partial charge in [0, 0.05) is 31.5 Å². The fraction of sp³-hybridized carbons (Fsp3) is 0.444. The van der Waals surface area contributed by atoms with Crippen LogP contribution >= 0.6 is 0 Å². The van der Waals surface area contributed by atoms with E-state index in [4.69, 9.17) is 14.6 Å². The fourth-order valence-corrected chi connectivity index (χ4v) is 5.24. The highest BCUT2D eigenvalue weighted by molar-refractivity contribution is 5.83. The smallest absolute Gasteiger partial charge is 0.407 e. The molecular formula is C27H32N2O6. The van der Waals surface area contributed by atoms with Gasteiger partial charge in [0.25, 0.3) is 0 Å². The zero-order valence-corrected chi connectivity index (χ0v) is 19.9. The largest absolute Gasteiger partial charge is 0.480 e. The normalized spacial score (nSPS) is 18.9. The van der Waals surface area contributed by atoms with Gasteiger partial charge in [0.05, 0.1) is 6.61 Å². The van der Waals surface area contributed by atoms with Gasteiger partial charge in [-0.2, -0.15) is 0 Å². The zero-order chi connectivity index (χ0) is 24.8. The second-order valence-corrected chi connectivity index (χ2v) is 9.18. The van der Waals surface area contributed by atoms with Crippen LogP contribution in [0, 0.1) is 5.92 Å². The highest BCUT2D eigenvalue weighted by Gasteiger charge is 2.33. The summed E-state index contributed by atoms with van der Waals surface area (Å²) in [5.74, 6) is -1.61. The molecule has 8 heteroatoms. The Hall–Kier alpha value is -3.39. The van der Waals surface area contributed by atoms with Crippen molar-refractivity contribution in [2.75, 3.05) is 33.4 Å². The molecule has 1 saturated carbocycles. The molecule has 2 aliphatic rings. The Morgan fingerprint density at radius 1 is 1.03 bits per heavy atom. The number of aliphatic carboxylic acids is 1. The zero-order valence-electron chi connectivity index (χ0n) is 19.9. The summed E-state index contributed by atoms with van der Waals surface area (Å²) in [6, 6.07) is 16.2. The van der Waals surface area contributed by atoms with Crippen molar-refractivity contribution in [1.82, 2.24) is 10.2 Å². The lowest BCUT2D eigenvalue weighted by molar-refractivity contribution is -0.147. The number of nitrogens with one attached hydrogen (secondary N) is 1. The monoisotopic (exact) mass is 480 g/mol. The molecule has 2 aliphatic carbocycles. The number of hydrogen-bond acceptors (Lipinski definition) is 5. The van der Waals surface area contributed by atoms with E-state index in [0.29, 0.717) is 12.8 Å². The van der Waals surface area contributed by atoms with Gasteiger partial charge in [-0.05, 0) is 41.5 Å². The molecule has 2 atom stereocenters. The Balaban J connectivity index is 1.33. The van der Waals surface area contributed by atoms with E-state index in [2.05, 4.69) is 29.6 Å². The first-order valence-electron chi connectivity index (χ1n) is 12.1.